The molecule has 0 nitrogen and oxygen atoms in total. The maximum Gasteiger partial charge on any atom is 3.00 e. The Balaban J connectivity index is -0.0000000267. The van der Waals surface area contributed by atoms with Crippen molar-refractivity contribution in [2.75, 3.05) is 0 Å². The molecule has 0 aliphatic carbocycles. The average molecular weight is 229 g/mol. The minimum atomic E-state index is 0. The third-order valence-electron chi connectivity index (χ3n) is 0.304. The second kappa shape index (κ2) is 24.6. The first-order chi connectivity index (χ1) is 2.41. The van der Waals surface area contributed by atoms with E-state index in [1.54, 1.807) is 6.08 Å². The van der Waals surface area contributed by atoms with Gasteiger partial charge in [0, 0.05) is 0 Å². The van der Waals surface area contributed by atoms with E-state index in [9.17, 15) is 0 Å². The molecule has 0 aliphatic rings. The number of hydrogen-bond acceptors (Lipinski definition) is 0. The van der Waals surface area contributed by atoms with Crippen molar-refractivity contribution in [3.8, 4) is 0 Å². The van der Waals surface area contributed by atoms with Crippen molar-refractivity contribution < 1.29 is 51.0 Å². The van der Waals surface area contributed by atoms with E-state index in [0.29, 0.717) is 0 Å². The zero-order valence-electron chi connectivity index (χ0n) is 4.57. The molecule has 0 aromatic heterocycles. The molecule has 0 spiro atoms. The van der Waals surface area contributed by atoms with E-state index in [1.165, 1.54) is 6.08 Å². The minimum absolute atomic E-state index is 0. The van der Waals surface area contributed by atoms with E-state index in [1.807, 2.05) is 13.0 Å². The van der Waals surface area contributed by atoms with E-state index in [0.717, 1.165) is 0 Å². The van der Waals surface area contributed by atoms with Crippen molar-refractivity contribution in [2.24, 2.45) is 0 Å². The Hall–Kier alpha value is 0.943. The minimum Gasteiger partial charge on any atom is -1.00 e. The first-order valence-electron chi connectivity index (χ1n) is 1.58. The standard InChI is InChI=1S/C5H7.2ClH.Zr/c1-3-5-4-2;;;/h1,3-5H,2H3;2*1H;/q-1;;;+3/p-2/b5-4+;;;. The van der Waals surface area contributed by atoms with Crippen LogP contribution in [0, 0.1) is 6.58 Å². The van der Waals surface area contributed by atoms with Gasteiger partial charge in [0.15, 0.2) is 0 Å². The Morgan fingerprint density at radius 1 is 1.25 bits per heavy atom. The van der Waals surface area contributed by atoms with Gasteiger partial charge in [0.1, 0.15) is 0 Å². The fourth-order valence-electron chi connectivity index (χ4n) is 0.111. The largest absolute Gasteiger partial charge is 3.00 e. The van der Waals surface area contributed by atoms with Gasteiger partial charge < -0.3 is 24.8 Å². The molecule has 0 aromatic rings. The van der Waals surface area contributed by atoms with Crippen molar-refractivity contribution in [3.63, 3.8) is 0 Å². The van der Waals surface area contributed by atoms with Crippen LogP contribution in [0.2, 0.25) is 0 Å². The van der Waals surface area contributed by atoms with Crippen molar-refractivity contribution >= 4 is 0 Å². The summed E-state index contributed by atoms with van der Waals surface area (Å²) in [4.78, 5) is 0. The summed E-state index contributed by atoms with van der Waals surface area (Å²) in [6.07, 6.45) is 5.15. The molecular formula is C5H7Cl2Zr. The summed E-state index contributed by atoms with van der Waals surface area (Å²) in [5.74, 6) is 0. The van der Waals surface area contributed by atoms with Gasteiger partial charge in [-0.05, 0) is 0 Å². The van der Waals surface area contributed by atoms with Crippen LogP contribution in [-0.4, -0.2) is 0 Å². The van der Waals surface area contributed by atoms with Gasteiger partial charge in [-0.3, -0.25) is 6.58 Å². The molecule has 0 atom stereocenters. The molecular weight excluding hydrogens is 222 g/mol. The van der Waals surface area contributed by atoms with Gasteiger partial charge in [-0.2, -0.15) is 6.08 Å². The predicted octanol–water partition coefficient (Wildman–Crippen LogP) is -4.44. The molecule has 0 aliphatic heterocycles. The number of rotatable bonds is 1. The molecule has 45 valence electrons. The van der Waals surface area contributed by atoms with Gasteiger partial charge >= 0.3 is 26.2 Å². The fraction of sp³-hybridized carbons (Fsp3) is 0.200. The molecule has 0 saturated heterocycles. The summed E-state index contributed by atoms with van der Waals surface area (Å²) in [5.41, 5.74) is 0. The van der Waals surface area contributed by atoms with Crippen LogP contribution >= 0.6 is 0 Å². The molecule has 0 saturated carbocycles. The quantitative estimate of drug-likeness (QED) is 0.314. The van der Waals surface area contributed by atoms with E-state index in [-0.39, 0.29) is 51.0 Å². The molecule has 0 N–H and O–H groups in total. The van der Waals surface area contributed by atoms with E-state index < -0.39 is 0 Å². The van der Waals surface area contributed by atoms with Crippen LogP contribution in [0.1, 0.15) is 6.92 Å². The first-order valence-corrected chi connectivity index (χ1v) is 1.58. The van der Waals surface area contributed by atoms with E-state index in [4.69, 9.17) is 6.58 Å². The molecule has 8 heavy (non-hydrogen) atoms. The smallest absolute Gasteiger partial charge is 1.00 e. The van der Waals surface area contributed by atoms with Gasteiger partial charge in [0.25, 0.3) is 0 Å². The Morgan fingerprint density at radius 3 is 1.62 bits per heavy atom. The molecule has 0 aromatic carbocycles. The fourth-order valence-corrected chi connectivity index (χ4v) is 0.111. The summed E-state index contributed by atoms with van der Waals surface area (Å²) in [6, 6.07) is 0. The summed E-state index contributed by atoms with van der Waals surface area (Å²) < 4.78 is 0. The van der Waals surface area contributed by atoms with Crippen LogP contribution in [0.25, 0.3) is 0 Å². The van der Waals surface area contributed by atoms with Crippen LogP contribution in [0.5, 0.6) is 0 Å². The summed E-state index contributed by atoms with van der Waals surface area (Å²) in [7, 11) is 0. The van der Waals surface area contributed by atoms with Crippen LogP contribution < -0.4 is 24.8 Å². The van der Waals surface area contributed by atoms with E-state index >= 15 is 0 Å². The van der Waals surface area contributed by atoms with Crippen LogP contribution in [0.3, 0.4) is 0 Å². The molecule has 0 rings (SSSR count). The van der Waals surface area contributed by atoms with Crippen molar-refractivity contribution in [1.82, 2.24) is 0 Å². The van der Waals surface area contributed by atoms with Gasteiger partial charge in [-0.1, -0.05) is 6.92 Å². The molecule has 0 unspecified atom stereocenters. The van der Waals surface area contributed by atoms with Crippen molar-refractivity contribution in [2.45, 2.75) is 6.92 Å². The van der Waals surface area contributed by atoms with Crippen molar-refractivity contribution in [3.05, 3.63) is 24.8 Å². The van der Waals surface area contributed by atoms with Crippen LogP contribution in [0.15, 0.2) is 18.2 Å². The van der Waals surface area contributed by atoms with E-state index in [2.05, 4.69) is 0 Å². The molecule has 0 amide bonds. The molecule has 3 heteroatoms. The zero-order chi connectivity index (χ0) is 4.12. The molecule has 0 heterocycles. The predicted molar refractivity (Wildman–Crippen MR) is 23.7 cm³/mol. The number of halogens is 2. The maximum absolute atomic E-state index is 4.93. The topological polar surface area (TPSA) is 0 Å². The first kappa shape index (κ1) is 23.1. The zero-order valence-corrected chi connectivity index (χ0v) is 8.54. The Kier molecular flexibility index (Phi) is 71.1. The molecule has 0 bridgehead atoms. The summed E-state index contributed by atoms with van der Waals surface area (Å²) in [6.45, 7) is 6.85. The van der Waals surface area contributed by atoms with Crippen LogP contribution in [-0.2, 0) is 26.2 Å². The van der Waals surface area contributed by atoms with Gasteiger partial charge in [-0.15, -0.1) is 0 Å². The molecule has 0 fully saturated rings. The normalized spacial score (nSPS) is 5.62. The van der Waals surface area contributed by atoms with Gasteiger partial charge in [0.2, 0.25) is 0 Å². The second-order valence-corrected chi connectivity index (χ2v) is 0.718. The molecule has 1 radical (unpaired) electrons. The Bertz CT molecular complexity index is 52.4. The third-order valence-corrected chi connectivity index (χ3v) is 0.304. The van der Waals surface area contributed by atoms with Gasteiger partial charge in [-0.25, -0.2) is 12.2 Å². The van der Waals surface area contributed by atoms with Crippen LogP contribution in [0.4, 0.5) is 0 Å². The SMILES string of the molecule is [CH-]=C/C=C/C.[Cl-].[Cl-].[Zr+3]. The monoisotopic (exact) mass is 227 g/mol. The third kappa shape index (κ3) is 28.3. The average Bonchev–Trinajstić information content (AvgIpc) is 1.41. The Labute approximate surface area is 82.4 Å². The summed E-state index contributed by atoms with van der Waals surface area (Å²) >= 11 is 0. The summed E-state index contributed by atoms with van der Waals surface area (Å²) in [5, 5.41) is 0. The number of hydrogen-bond donors (Lipinski definition) is 0. The maximum atomic E-state index is 4.93. The van der Waals surface area contributed by atoms with Crippen molar-refractivity contribution in [1.29, 1.82) is 0 Å². The Morgan fingerprint density at radius 2 is 1.62 bits per heavy atom. The van der Waals surface area contributed by atoms with Gasteiger partial charge in [0.05, 0.1) is 0 Å². The second-order valence-electron chi connectivity index (χ2n) is 0.718. The number of allylic oxidation sites excluding steroid dienone is 3.